The third-order valence-corrected chi connectivity index (χ3v) is 1.69. The monoisotopic (exact) mass is 196 g/mol. The predicted octanol–water partition coefficient (Wildman–Crippen LogP) is 1.50. The third-order valence-electron chi connectivity index (χ3n) is 1.69. The Labute approximate surface area is 120 Å². The van der Waals surface area contributed by atoms with Gasteiger partial charge in [0.2, 0.25) is 0 Å². The Hall–Kier alpha value is -0.0636. The minimum Gasteiger partial charge on any atom is -0.265 e. The Balaban J connectivity index is 0.000000845. The maximum absolute atomic E-state index is 3.96. The Morgan fingerprint density at radius 1 is 0.615 bits per heavy atom. The van der Waals surface area contributed by atoms with Gasteiger partial charge in [0.15, 0.2) is 0 Å². The zero-order valence-electron chi connectivity index (χ0n) is 6.51. The van der Waals surface area contributed by atoms with E-state index in [-0.39, 0.29) is 51.4 Å². The summed E-state index contributed by atoms with van der Waals surface area (Å²) in [5.41, 5.74) is 2.35. The van der Waals surface area contributed by atoms with Crippen LogP contribution in [0.2, 0.25) is 0 Å². The van der Waals surface area contributed by atoms with Crippen LogP contribution < -0.4 is 0 Å². The SMILES string of the molecule is [KH].c1cc(-c2ccncc2)ccn1. The van der Waals surface area contributed by atoms with Gasteiger partial charge in [-0.1, -0.05) is 0 Å². The Morgan fingerprint density at radius 2 is 0.923 bits per heavy atom. The van der Waals surface area contributed by atoms with Crippen molar-refractivity contribution in [2.24, 2.45) is 0 Å². The summed E-state index contributed by atoms with van der Waals surface area (Å²) in [6.45, 7) is 0. The molecule has 2 nitrogen and oxygen atoms in total. The van der Waals surface area contributed by atoms with Crippen molar-refractivity contribution in [2.45, 2.75) is 0 Å². The van der Waals surface area contributed by atoms with Crippen LogP contribution in [-0.4, -0.2) is 61.4 Å². The summed E-state index contributed by atoms with van der Waals surface area (Å²) in [5, 5.41) is 0. The van der Waals surface area contributed by atoms with Crippen LogP contribution in [0.25, 0.3) is 11.1 Å². The van der Waals surface area contributed by atoms with Crippen LogP contribution in [0.1, 0.15) is 0 Å². The first-order valence-corrected chi connectivity index (χ1v) is 3.77. The first-order valence-electron chi connectivity index (χ1n) is 3.77. The van der Waals surface area contributed by atoms with E-state index in [1.165, 1.54) is 11.1 Å². The van der Waals surface area contributed by atoms with Crippen LogP contribution in [0.4, 0.5) is 0 Å². The van der Waals surface area contributed by atoms with E-state index in [0.29, 0.717) is 0 Å². The average Bonchev–Trinajstić information content (AvgIpc) is 2.21. The number of nitrogens with zero attached hydrogens (tertiary/aromatic N) is 2. The largest absolute Gasteiger partial charge is 0.265 e. The van der Waals surface area contributed by atoms with Crippen LogP contribution in [0.5, 0.6) is 0 Å². The molecule has 60 valence electrons. The molecule has 0 unspecified atom stereocenters. The minimum atomic E-state index is 0. The molecular weight excluding hydrogens is 187 g/mol. The fraction of sp³-hybridized carbons (Fsp3) is 0. The zero-order valence-corrected chi connectivity index (χ0v) is 6.51. The molecule has 0 spiro atoms. The molecule has 0 aliphatic rings. The second-order valence-electron chi connectivity index (χ2n) is 2.47. The molecular formula is C10H9KN2. The third kappa shape index (κ3) is 2.97. The van der Waals surface area contributed by atoms with Gasteiger partial charge in [-0.05, 0) is 35.4 Å². The molecule has 0 saturated carbocycles. The molecule has 0 radical (unpaired) electrons. The first-order chi connectivity index (χ1) is 5.97. The maximum Gasteiger partial charge on any atom is 0.0273 e. The molecule has 0 saturated heterocycles. The molecule has 0 aliphatic carbocycles. The quantitative estimate of drug-likeness (QED) is 0.646. The average molecular weight is 196 g/mol. The van der Waals surface area contributed by atoms with Crippen molar-refractivity contribution in [3.05, 3.63) is 49.1 Å². The van der Waals surface area contributed by atoms with Crippen molar-refractivity contribution in [3.63, 3.8) is 0 Å². The van der Waals surface area contributed by atoms with Gasteiger partial charge in [-0.2, -0.15) is 0 Å². The minimum absolute atomic E-state index is 0. The number of aromatic nitrogens is 2. The van der Waals surface area contributed by atoms with Crippen molar-refractivity contribution in [2.75, 3.05) is 0 Å². The predicted molar refractivity (Wildman–Crippen MR) is 54.6 cm³/mol. The molecule has 0 amide bonds. The molecule has 0 N–H and O–H groups in total. The Kier molecular flexibility index (Phi) is 4.76. The summed E-state index contributed by atoms with van der Waals surface area (Å²) >= 11 is 0. The second kappa shape index (κ2) is 5.62. The van der Waals surface area contributed by atoms with E-state index in [4.69, 9.17) is 0 Å². The molecule has 2 rings (SSSR count). The van der Waals surface area contributed by atoms with E-state index < -0.39 is 0 Å². The summed E-state index contributed by atoms with van der Waals surface area (Å²) in [4.78, 5) is 7.91. The van der Waals surface area contributed by atoms with Gasteiger partial charge in [-0.25, -0.2) is 0 Å². The summed E-state index contributed by atoms with van der Waals surface area (Å²) in [6, 6.07) is 7.93. The van der Waals surface area contributed by atoms with Gasteiger partial charge in [0.1, 0.15) is 0 Å². The van der Waals surface area contributed by atoms with Crippen LogP contribution in [0.15, 0.2) is 49.1 Å². The van der Waals surface area contributed by atoms with Crippen LogP contribution in [-0.2, 0) is 0 Å². The fourth-order valence-corrected chi connectivity index (χ4v) is 1.09. The molecule has 0 aliphatic heterocycles. The van der Waals surface area contributed by atoms with Crippen molar-refractivity contribution >= 4 is 51.4 Å². The number of pyridine rings is 2. The fourth-order valence-electron chi connectivity index (χ4n) is 1.09. The Morgan fingerprint density at radius 3 is 1.23 bits per heavy atom. The smallest absolute Gasteiger partial charge is 0.0273 e. The summed E-state index contributed by atoms with van der Waals surface area (Å²) < 4.78 is 0. The van der Waals surface area contributed by atoms with Crippen molar-refractivity contribution in [3.8, 4) is 11.1 Å². The van der Waals surface area contributed by atoms with E-state index in [0.717, 1.165) is 0 Å². The van der Waals surface area contributed by atoms with E-state index in [1.807, 2.05) is 24.3 Å². The normalized spacial score (nSPS) is 8.92. The maximum atomic E-state index is 3.96. The van der Waals surface area contributed by atoms with Crippen molar-refractivity contribution < 1.29 is 0 Å². The van der Waals surface area contributed by atoms with Crippen LogP contribution >= 0.6 is 0 Å². The molecule has 0 bridgehead atoms. The number of rotatable bonds is 1. The molecule has 2 aromatic heterocycles. The summed E-state index contributed by atoms with van der Waals surface area (Å²) in [7, 11) is 0. The van der Waals surface area contributed by atoms with Gasteiger partial charge in [-0.15, -0.1) is 0 Å². The van der Waals surface area contributed by atoms with E-state index in [9.17, 15) is 0 Å². The van der Waals surface area contributed by atoms with Gasteiger partial charge < -0.3 is 0 Å². The molecule has 2 aromatic rings. The van der Waals surface area contributed by atoms with Crippen LogP contribution in [0.3, 0.4) is 0 Å². The second-order valence-corrected chi connectivity index (χ2v) is 2.47. The molecule has 13 heavy (non-hydrogen) atoms. The Bertz CT molecular complexity index is 310. The van der Waals surface area contributed by atoms with Gasteiger partial charge in [-0.3, -0.25) is 9.97 Å². The van der Waals surface area contributed by atoms with E-state index in [2.05, 4.69) is 9.97 Å². The van der Waals surface area contributed by atoms with Crippen LogP contribution in [0, 0.1) is 0 Å². The topological polar surface area (TPSA) is 25.8 Å². The molecule has 0 aromatic carbocycles. The van der Waals surface area contributed by atoms with Crippen molar-refractivity contribution in [1.29, 1.82) is 0 Å². The van der Waals surface area contributed by atoms with Gasteiger partial charge >= 0.3 is 51.4 Å². The molecule has 0 atom stereocenters. The van der Waals surface area contributed by atoms with E-state index >= 15 is 0 Å². The standard InChI is InChI=1S/C10H8N2.K.H/c1-5-11-6-2-9(1)10-3-7-12-8-4-10;;/h1-8H;;. The molecule has 3 heteroatoms. The number of hydrogen-bond acceptors (Lipinski definition) is 2. The first kappa shape index (κ1) is 11.0. The zero-order chi connectivity index (χ0) is 8.23. The van der Waals surface area contributed by atoms with Crippen molar-refractivity contribution in [1.82, 2.24) is 9.97 Å². The van der Waals surface area contributed by atoms with Gasteiger partial charge in [0.05, 0.1) is 0 Å². The number of hydrogen-bond donors (Lipinski definition) is 0. The molecule has 0 fully saturated rings. The van der Waals surface area contributed by atoms with Gasteiger partial charge in [0.25, 0.3) is 0 Å². The van der Waals surface area contributed by atoms with E-state index in [1.54, 1.807) is 24.8 Å². The molecule has 2 heterocycles. The summed E-state index contributed by atoms with van der Waals surface area (Å²) in [5.74, 6) is 0. The summed E-state index contributed by atoms with van der Waals surface area (Å²) in [6.07, 6.45) is 7.15. The van der Waals surface area contributed by atoms with Gasteiger partial charge in [0, 0.05) is 24.8 Å².